The minimum absolute atomic E-state index is 0.243. The number of carboxylic acids is 1. The molecule has 1 aliphatic carbocycles. The number of nitrogens with one attached hydrogen (secondary N) is 1. The van der Waals surface area contributed by atoms with Crippen molar-refractivity contribution in [1.29, 1.82) is 0 Å². The van der Waals surface area contributed by atoms with Gasteiger partial charge in [0.05, 0.1) is 0 Å². The second-order valence-electron chi connectivity index (χ2n) is 4.44. The highest BCUT2D eigenvalue weighted by Crippen LogP contribution is 2.34. The fourth-order valence-corrected chi connectivity index (χ4v) is 1.85. The number of anilines is 1. The standard InChI is InChI=1S/C12H17N3O2/c1-3-9-6-10(14-7(2)13-9)15-11(12(16)17)8-4-5-8/h6,8,11H,3-5H2,1-2H3,(H,16,17)(H,13,14,15). The Morgan fingerprint density at radius 1 is 1.59 bits per heavy atom. The van der Waals surface area contributed by atoms with E-state index in [-0.39, 0.29) is 5.92 Å². The van der Waals surface area contributed by atoms with Gasteiger partial charge in [-0.3, -0.25) is 0 Å². The van der Waals surface area contributed by atoms with E-state index in [1.807, 2.05) is 19.9 Å². The zero-order valence-electron chi connectivity index (χ0n) is 10.1. The van der Waals surface area contributed by atoms with Crippen LogP contribution in [0.2, 0.25) is 0 Å². The van der Waals surface area contributed by atoms with Gasteiger partial charge in [-0.05, 0) is 32.1 Å². The summed E-state index contributed by atoms with van der Waals surface area (Å²) in [6.45, 7) is 3.83. The van der Waals surface area contributed by atoms with Crippen LogP contribution >= 0.6 is 0 Å². The van der Waals surface area contributed by atoms with Gasteiger partial charge in [-0.1, -0.05) is 6.92 Å². The highest BCUT2D eigenvalue weighted by atomic mass is 16.4. The van der Waals surface area contributed by atoms with Gasteiger partial charge in [-0.2, -0.15) is 0 Å². The molecule has 1 fully saturated rings. The van der Waals surface area contributed by atoms with E-state index in [2.05, 4.69) is 15.3 Å². The summed E-state index contributed by atoms with van der Waals surface area (Å²) in [4.78, 5) is 19.6. The van der Waals surface area contributed by atoms with Crippen molar-refractivity contribution in [1.82, 2.24) is 9.97 Å². The molecule has 0 aromatic carbocycles. The number of rotatable bonds is 5. The topological polar surface area (TPSA) is 75.1 Å². The molecule has 1 aliphatic rings. The first-order chi connectivity index (χ1) is 8.10. The van der Waals surface area contributed by atoms with Crippen molar-refractivity contribution in [2.75, 3.05) is 5.32 Å². The first-order valence-corrected chi connectivity index (χ1v) is 5.94. The molecule has 1 atom stereocenters. The maximum atomic E-state index is 11.1. The van der Waals surface area contributed by atoms with Crippen LogP contribution in [-0.2, 0) is 11.2 Å². The van der Waals surface area contributed by atoms with Crippen molar-refractivity contribution in [3.8, 4) is 0 Å². The lowest BCUT2D eigenvalue weighted by Gasteiger charge is -2.14. The summed E-state index contributed by atoms with van der Waals surface area (Å²) in [5, 5.41) is 12.1. The van der Waals surface area contributed by atoms with E-state index in [0.29, 0.717) is 11.6 Å². The number of hydrogen-bond donors (Lipinski definition) is 2. The number of carboxylic acid groups (broad SMARTS) is 1. The summed E-state index contributed by atoms with van der Waals surface area (Å²) >= 11 is 0. The summed E-state index contributed by atoms with van der Waals surface area (Å²) in [7, 11) is 0. The molecule has 0 radical (unpaired) electrons. The van der Waals surface area contributed by atoms with Gasteiger partial charge in [-0.25, -0.2) is 14.8 Å². The molecule has 5 heteroatoms. The van der Waals surface area contributed by atoms with Gasteiger partial charge in [0.2, 0.25) is 0 Å². The molecule has 1 aromatic rings. The van der Waals surface area contributed by atoms with E-state index in [4.69, 9.17) is 5.11 Å². The Morgan fingerprint density at radius 2 is 2.29 bits per heavy atom. The molecule has 1 saturated carbocycles. The molecule has 1 unspecified atom stereocenters. The maximum absolute atomic E-state index is 11.1. The highest BCUT2D eigenvalue weighted by Gasteiger charge is 2.36. The van der Waals surface area contributed by atoms with Gasteiger partial charge in [-0.15, -0.1) is 0 Å². The summed E-state index contributed by atoms with van der Waals surface area (Å²) in [5.74, 6) is 0.732. The van der Waals surface area contributed by atoms with Crippen LogP contribution in [0.1, 0.15) is 31.3 Å². The van der Waals surface area contributed by atoms with Crippen LogP contribution in [0.4, 0.5) is 5.82 Å². The molecule has 0 amide bonds. The number of nitrogens with zero attached hydrogens (tertiary/aromatic N) is 2. The van der Waals surface area contributed by atoms with E-state index in [9.17, 15) is 4.79 Å². The minimum Gasteiger partial charge on any atom is -0.480 e. The number of aryl methyl sites for hydroxylation is 2. The zero-order chi connectivity index (χ0) is 12.4. The minimum atomic E-state index is -0.804. The SMILES string of the molecule is CCc1cc(NC(C(=O)O)C2CC2)nc(C)n1. The fraction of sp³-hybridized carbons (Fsp3) is 0.583. The second kappa shape index (κ2) is 4.69. The maximum Gasteiger partial charge on any atom is 0.326 e. The summed E-state index contributed by atoms with van der Waals surface area (Å²) in [6.07, 6.45) is 2.78. The molecule has 0 aliphatic heterocycles. The van der Waals surface area contributed by atoms with Crippen molar-refractivity contribution in [3.63, 3.8) is 0 Å². The predicted octanol–water partition coefficient (Wildman–Crippen LogP) is 1.62. The highest BCUT2D eigenvalue weighted by molar-refractivity contribution is 5.77. The largest absolute Gasteiger partial charge is 0.480 e. The fourth-order valence-electron chi connectivity index (χ4n) is 1.85. The monoisotopic (exact) mass is 235 g/mol. The van der Waals surface area contributed by atoms with Gasteiger partial charge >= 0.3 is 5.97 Å². The Bertz CT molecular complexity index is 430. The molecule has 5 nitrogen and oxygen atoms in total. The Labute approximate surface area is 100 Å². The summed E-state index contributed by atoms with van der Waals surface area (Å²) in [6, 6.07) is 1.31. The molecule has 17 heavy (non-hydrogen) atoms. The first kappa shape index (κ1) is 11.8. The van der Waals surface area contributed by atoms with Crippen molar-refractivity contribution in [3.05, 3.63) is 17.6 Å². The summed E-state index contributed by atoms with van der Waals surface area (Å²) < 4.78 is 0. The number of aliphatic carboxylic acids is 1. The van der Waals surface area contributed by atoms with E-state index in [1.165, 1.54) is 0 Å². The van der Waals surface area contributed by atoms with Crippen LogP contribution in [0.15, 0.2) is 6.07 Å². The third kappa shape index (κ3) is 2.93. The van der Waals surface area contributed by atoms with Crippen molar-refractivity contribution >= 4 is 11.8 Å². The normalized spacial score (nSPS) is 16.6. The second-order valence-corrected chi connectivity index (χ2v) is 4.44. The molecular formula is C12H17N3O2. The Kier molecular flexibility index (Phi) is 3.26. The number of carbonyl (C=O) groups is 1. The molecule has 1 aromatic heterocycles. The Balaban J connectivity index is 2.16. The van der Waals surface area contributed by atoms with Crippen molar-refractivity contribution in [2.45, 2.75) is 39.2 Å². The van der Waals surface area contributed by atoms with Gasteiger partial charge in [0.15, 0.2) is 0 Å². The molecule has 2 rings (SSSR count). The Hall–Kier alpha value is -1.65. The lowest BCUT2D eigenvalue weighted by atomic mass is 10.2. The van der Waals surface area contributed by atoms with Crippen LogP contribution in [0.5, 0.6) is 0 Å². The molecule has 92 valence electrons. The van der Waals surface area contributed by atoms with Crippen molar-refractivity contribution < 1.29 is 9.90 Å². The Morgan fingerprint density at radius 3 is 2.82 bits per heavy atom. The van der Waals surface area contributed by atoms with Gasteiger partial charge in [0.25, 0.3) is 0 Å². The van der Waals surface area contributed by atoms with Crippen LogP contribution < -0.4 is 5.32 Å². The lowest BCUT2D eigenvalue weighted by molar-refractivity contribution is -0.138. The predicted molar refractivity (Wildman–Crippen MR) is 63.9 cm³/mol. The van der Waals surface area contributed by atoms with E-state index in [1.54, 1.807) is 0 Å². The molecular weight excluding hydrogens is 218 g/mol. The molecule has 1 heterocycles. The van der Waals surface area contributed by atoms with Gasteiger partial charge in [0.1, 0.15) is 17.7 Å². The van der Waals surface area contributed by atoms with E-state index >= 15 is 0 Å². The molecule has 0 spiro atoms. The van der Waals surface area contributed by atoms with Crippen LogP contribution in [0, 0.1) is 12.8 Å². The van der Waals surface area contributed by atoms with E-state index < -0.39 is 12.0 Å². The van der Waals surface area contributed by atoms with Crippen molar-refractivity contribution in [2.24, 2.45) is 5.92 Å². The molecule has 0 saturated heterocycles. The van der Waals surface area contributed by atoms with Crippen LogP contribution in [-0.4, -0.2) is 27.1 Å². The van der Waals surface area contributed by atoms with Gasteiger partial charge in [0, 0.05) is 11.8 Å². The number of hydrogen-bond acceptors (Lipinski definition) is 4. The molecule has 0 bridgehead atoms. The van der Waals surface area contributed by atoms with Crippen LogP contribution in [0.25, 0.3) is 0 Å². The molecule has 2 N–H and O–H groups in total. The average molecular weight is 235 g/mol. The summed E-state index contributed by atoms with van der Waals surface area (Å²) in [5.41, 5.74) is 0.930. The quantitative estimate of drug-likeness (QED) is 0.811. The average Bonchev–Trinajstić information content (AvgIpc) is 3.08. The first-order valence-electron chi connectivity index (χ1n) is 5.94. The van der Waals surface area contributed by atoms with E-state index in [0.717, 1.165) is 25.0 Å². The van der Waals surface area contributed by atoms with Gasteiger partial charge < -0.3 is 10.4 Å². The third-order valence-corrected chi connectivity index (χ3v) is 2.92. The smallest absolute Gasteiger partial charge is 0.326 e. The zero-order valence-corrected chi connectivity index (χ0v) is 10.1. The third-order valence-electron chi connectivity index (χ3n) is 2.92. The lowest BCUT2D eigenvalue weighted by Crippen LogP contribution is -2.31. The van der Waals surface area contributed by atoms with Crippen LogP contribution in [0.3, 0.4) is 0 Å². The number of aromatic nitrogens is 2.